The van der Waals surface area contributed by atoms with E-state index in [9.17, 15) is 9.59 Å². The minimum absolute atomic E-state index is 0.00398. The monoisotopic (exact) mass is 269 g/mol. The van der Waals surface area contributed by atoms with Gasteiger partial charge in [-0.15, -0.1) is 0 Å². The van der Waals surface area contributed by atoms with Gasteiger partial charge in [0.1, 0.15) is 6.04 Å². The molecule has 2 atom stereocenters. The quantitative estimate of drug-likeness (QED) is 0.821. The molecule has 19 heavy (non-hydrogen) atoms. The minimum Gasteiger partial charge on any atom is -0.480 e. The summed E-state index contributed by atoms with van der Waals surface area (Å²) >= 11 is 0. The number of carbonyl (C=O) groups is 2. The van der Waals surface area contributed by atoms with Gasteiger partial charge in [-0.3, -0.25) is 4.79 Å². The van der Waals surface area contributed by atoms with Crippen LogP contribution in [0.15, 0.2) is 0 Å². The summed E-state index contributed by atoms with van der Waals surface area (Å²) in [5.74, 6) is -0.696. The van der Waals surface area contributed by atoms with Gasteiger partial charge in [0.15, 0.2) is 0 Å². The molecule has 1 N–H and O–H groups in total. The van der Waals surface area contributed by atoms with Crippen LogP contribution in [0.25, 0.3) is 0 Å². The van der Waals surface area contributed by atoms with E-state index >= 15 is 0 Å². The van der Waals surface area contributed by atoms with Gasteiger partial charge in [-0.1, -0.05) is 6.92 Å². The lowest BCUT2D eigenvalue weighted by Gasteiger charge is -2.33. The van der Waals surface area contributed by atoms with Gasteiger partial charge >= 0.3 is 5.97 Å². The second kappa shape index (κ2) is 5.90. The SMILES string of the molecule is CC(C(=O)N(C1CC1)C(C)C(=O)O)C1CCOCC1. The van der Waals surface area contributed by atoms with Gasteiger partial charge < -0.3 is 14.7 Å². The predicted molar refractivity (Wildman–Crippen MR) is 69.7 cm³/mol. The molecular formula is C14H23NO4. The van der Waals surface area contributed by atoms with Gasteiger partial charge in [-0.25, -0.2) is 4.79 Å². The topological polar surface area (TPSA) is 66.8 Å². The van der Waals surface area contributed by atoms with Crippen LogP contribution in [0.4, 0.5) is 0 Å². The standard InChI is InChI=1S/C14H23NO4/c1-9(11-5-7-19-8-6-11)13(16)15(12-3-4-12)10(2)14(17)18/h9-12H,3-8H2,1-2H3,(H,17,18). The van der Waals surface area contributed by atoms with Crippen LogP contribution in [-0.2, 0) is 14.3 Å². The van der Waals surface area contributed by atoms with Crippen molar-refractivity contribution in [2.75, 3.05) is 13.2 Å². The molecule has 2 aliphatic rings. The number of hydrogen-bond acceptors (Lipinski definition) is 3. The minimum atomic E-state index is -0.917. The molecule has 1 saturated carbocycles. The fraction of sp³-hybridized carbons (Fsp3) is 0.857. The number of aliphatic carboxylic acids is 1. The van der Waals surface area contributed by atoms with E-state index in [1.54, 1.807) is 11.8 Å². The van der Waals surface area contributed by atoms with E-state index in [0.29, 0.717) is 19.1 Å². The Balaban J connectivity index is 2.03. The summed E-state index contributed by atoms with van der Waals surface area (Å²) in [4.78, 5) is 25.4. The van der Waals surface area contributed by atoms with E-state index in [-0.39, 0.29) is 17.9 Å². The number of carbonyl (C=O) groups excluding carboxylic acids is 1. The zero-order valence-corrected chi connectivity index (χ0v) is 11.7. The molecule has 108 valence electrons. The van der Waals surface area contributed by atoms with E-state index in [1.807, 2.05) is 6.92 Å². The average molecular weight is 269 g/mol. The molecule has 1 aliphatic carbocycles. The molecule has 1 heterocycles. The van der Waals surface area contributed by atoms with Crippen LogP contribution < -0.4 is 0 Å². The number of hydrogen-bond donors (Lipinski definition) is 1. The Morgan fingerprint density at radius 2 is 1.74 bits per heavy atom. The Bertz CT molecular complexity index is 347. The zero-order valence-electron chi connectivity index (χ0n) is 11.7. The molecule has 0 aromatic heterocycles. The van der Waals surface area contributed by atoms with Crippen molar-refractivity contribution in [3.8, 4) is 0 Å². The normalized spacial score (nSPS) is 23.7. The first-order valence-corrected chi connectivity index (χ1v) is 7.15. The molecule has 2 rings (SSSR count). The molecule has 0 aromatic carbocycles. The van der Waals surface area contributed by atoms with Crippen LogP contribution in [-0.4, -0.2) is 47.2 Å². The van der Waals surface area contributed by atoms with Crippen molar-refractivity contribution in [3.63, 3.8) is 0 Å². The largest absolute Gasteiger partial charge is 0.480 e. The van der Waals surface area contributed by atoms with Crippen molar-refractivity contribution >= 4 is 11.9 Å². The third kappa shape index (κ3) is 3.26. The predicted octanol–water partition coefficient (Wildman–Crippen LogP) is 1.51. The molecule has 2 unspecified atom stereocenters. The van der Waals surface area contributed by atoms with Gasteiger partial charge in [0.2, 0.25) is 5.91 Å². The number of rotatable bonds is 5. The molecule has 0 radical (unpaired) electrons. The van der Waals surface area contributed by atoms with Crippen LogP contribution in [0.3, 0.4) is 0 Å². The molecule has 0 aromatic rings. The van der Waals surface area contributed by atoms with Crippen LogP contribution >= 0.6 is 0 Å². The summed E-state index contributed by atoms with van der Waals surface area (Å²) in [5, 5.41) is 9.16. The van der Waals surface area contributed by atoms with Crippen molar-refractivity contribution in [1.29, 1.82) is 0 Å². The third-order valence-electron chi connectivity index (χ3n) is 4.33. The van der Waals surface area contributed by atoms with Gasteiger partial charge in [0.25, 0.3) is 0 Å². The molecule has 1 saturated heterocycles. The van der Waals surface area contributed by atoms with Gasteiger partial charge in [-0.05, 0) is 38.5 Å². The fourth-order valence-corrected chi connectivity index (χ4v) is 2.81. The summed E-state index contributed by atoms with van der Waals surface area (Å²) in [6.07, 6.45) is 3.66. The van der Waals surface area contributed by atoms with Crippen LogP contribution in [0.1, 0.15) is 39.5 Å². The summed E-state index contributed by atoms with van der Waals surface area (Å²) in [5.41, 5.74) is 0. The smallest absolute Gasteiger partial charge is 0.326 e. The van der Waals surface area contributed by atoms with Crippen LogP contribution in [0.5, 0.6) is 0 Å². The molecule has 5 heteroatoms. The fourth-order valence-electron chi connectivity index (χ4n) is 2.81. The van der Waals surface area contributed by atoms with E-state index in [1.165, 1.54) is 0 Å². The zero-order chi connectivity index (χ0) is 14.0. The highest BCUT2D eigenvalue weighted by Gasteiger charge is 2.41. The number of amides is 1. The second-order valence-electron chi connectivity index (χ2n) is 5.73. The van der Waals surface area contributed by atoms with Crippen molar-refractivity contribution in [1.82, 2.24) is 4.90 Å². The maximum absolute atomic E-state index is 12.6. The van der Waals surface area contributed by atoms with E-state index < -0.39 is 12.0 Å². The summed E-state index contributed by atoms with van der Waals surface area (Å²) < 4.78 is 5.32. The Morgan fingerprint density at radius 3 is 2.21 bits per heavy atom. The lowest BCUT2D eigenvalue weighted by molar-refractivity contribution is -0.153. The van der Waals surface area contributed by atoms with E-state index in [2.05, 4.69) is 0 Å². The number of carboxylic acids is 1. The van der Waals surface area contributed by atoms with Crippen molar-refractivity contribution in [2.45, 2.75) is 51.6 Å². The lowest BCUT2D eigenvalue weighted by atomic mass is 9.86. The van der Waals surface area contributed by atoms with Gasteiger partial charge in [0, 0.05) is 25.2 Å². The van der Waals surface area contributed by atoms with Crippen LogP contribution in [0, 0.1) is 11.8 Å². The Labute approximate surface area is 113 Å². The van der Waals surface area contributed by atoms with Gasteiger partial charge in [0.05, 0.1) is 0 Å². The molecule has 1 amide bonds. The summed E-state index contributed by atoms with van der Waals surface area (Å²) in [6.45, 7) is 4.96. The van der Waals surface area contributed by atoms with Crippen LogP contribution in [0.2, 0.25) is 0 Å². The van der Waals surface area contributed by atoms with Crippen molar-refractivity contribution < 1.29 is 19.4 Å². The highest BCUT2D eigenvalue weighted by atomic mass is 16.5. The molecule has 0 bridgehead atoms. The highest BCUT2D eigenvalue weighted by Crippen LogP contribution is 2.33. The highest BCUT2D eigenvalue weighted by molar-refractivity contribution is 5.85. The first-order valence-electron chi connectivity index (χ1n) is 7.15. The molecule has 1 aliphatic heterocycles. The van der Waals surface area contributed by atoms with E-state index in [4.69, 9.17) is 9.84 Å². The number of ether oxygens (including phenoxy) is 1. The van der Waals surface area contributed by atoms with Gasteiger partial charge in [-0.2, -0.15) is 0 Å². The molecule has 0 spiro atoms. The first kappa shape index (κ1) is 14.3. The molecular weight excluding hydrogens is 246 g/mol. The second-order valence-corrected chi connectivity index (χ2v) is 5.73. The first-order chi connectivity index (χ1) is 9.02. The molecule has 2 fully saturated rings. The number of nitrogens with zero attached hydrogens (tertiary/aromatic N) is 1. The van der Waals surface area contributed by atoms with Crippen molar-refractivity contribution in [3.05, 3.63) is 0 Å². The maximum atomic E-state index is 12.6. The Hall–Kier alpha value is -1.10. The summed E-state index contributed by atoms with van der Waals surface area (Å²) in [7, 11) is 0. The Kier molecular flexibility index (Phi) is 4.45. The lowest BCUT2D eigenvalue weighted by Crippen LogP contribution is -2.48. The maximum Gasteiger partial charge on any atom is 0.326 e. The average Bonchev–Trinajstić information content (AvgIpc) is 3.23. The van der Waals surface area contributed by atoms with Crippen molar-refractivity contribution in [2.24, 2.45) is 11.8 Å². The summed E-state index contributed by atoms with van der Waals surface area (Å²) in [6, 6.07) is -0.580. The van der Waals surface area contributed by atoms with E-state index in [0.717, 1.165) is 25.7 Å². The number of carboxylic acid groups (broad SMARTS) is 1. The molecule has 5 nitrogen and oxygen atoms in total. The Morgan fingerprint density at radius 1 is 1.16 bits per heavy atom. The third-order valence-corrected chi connectivity index (χ3v) is 4.33.